The molecule has 0 aliphatic carbocycles. The second kappa shape index (κ2) is 7.84. The first kappa shape index (κ1) is 15.6. The van der Waals surface area contributed by atoms with Crippen molar-refractivity contribution in [3.8, 4) is 0 Å². The van der Waals surface area contributed by atoms with Gasteiger partial charge in [-0.3, -0.25) is 0 Å². The normalized spacial score (nSPS) is 10.9. The van der Waals surface area contributed by atoms with Gasteiger partial charge in [0.1, 0.15) is 0 Å². The van der Waals surface area contributed by atoms with Crippen molar-refractivity contribution < 1.29 is 0 Å². The van der Waals surface area contributed by atoms with Crippen molar-refractivity contribution in [2.75, 3.05) is 18.0 Å². The largest absolute Gasteiger partial charge is 0.342 e. The molecule has 2 rings (SSSR count). The van der Waals surface area contributed by atoms with Gasteiger partial charge in [0.2, 0.25) is 0 Å². The molecule has 2 nitrogen and oxygen atoms in total. The predicted molar refractivity (Wildman–Crippen MR) is 92.1 cm³/mol. The van der Waals surface area contributed by atoms with E-state index in [9.17, 15) is 0 Å². The number of para-hydroxylation sites is 1. The highest BCUT2D eigenvalue weighted by Crippen LogP contribution is 2.24. The molecule has 2 aromatic carbocycles. The first-order valence-corrected chi connectivity index (χ1v) is 7.83. The van der Waals surface area contributed by atoms with Gasteiger partial charge in [-0.1, -0.05) is 44.2 Å². The molecule has 0 aliphatic heterocycles. The van der Waals surface area contributed by atoms with E-state index in [1.165, 1.54) is 16.9 Å². The van der Waals surface area contributed by atoms with E-state index in [0.717, 1.165) is 19.6 Å². The number of hydrogen-bond donors (Lipinski definition) is 1. The molecule has 2 aromatic rings. The Hall–Kier alpha value is -1.80. The molecule has 0 heterocycles. The maximum absolute atomic E-state index is 3.48. The van der Waals surface area contributed by atoms with Crippen LogP contribution in [0.1, 0.15) is 26.3 Å². The Morgan fingerprint density at radius 1 is 0.905 bits per heavy atom. The third kappa shape index (κ3) is 4.61. The Bertz CT molecular complexity index is 517. The lowest BCUT2D eigenvalue weighted by Crippen LogP contribution is -2.19. The lowest BCUT2D eigenvalue weighted by atomic mass is 10.1. The average Bonchev–Trinajstić information content (AvgIpc) is 2.50. The summed E-state index contributed by atoms with van der Waals surface area (Å²) in [5, 5.41) is 3.48. The minimum atomic E-state index is 0.693. The second-order valence-electron chi connectivity index (χ2n) is 5.77. The fourth-order valence-electron chi connectivity index (χ4n) is 2.42. The number of hydrogen-bond acceptors (Lipinski definition) is 2. The molecule has 0 unspecified atom stereocenters. The molecular weight excluding hydrogens is 256 g/mol. The Morgan fingerprint density at radius 2 is 1.52 bits per heavy atom. The second-order valence-corrected chi connectivity index (χ2v) is 5.77. The zero-order valence-corrected chi connectivity index (χ0v) is 13.3. The number of nitrogens with zero attached hydrogens (tertiary/aromatic N) is 1. The van der Waals surface area contributed by atoms with Crippen molar-refractivity contribution in [1.82, 2.24) is 5.32 Å². The summed E-state index contributed by atoms with van der Waals surface area (Å²) < 4.78 is 0. The summed E-state index contributed by atoms with van der Waals surface area (Å²) in [5.74, 6) is 0.693. The minimum absolute atomic E-state index is 0.693. The standard InChI is InChI=1S/C19H26N2/c1-4-21(18-8-6-5-7-9-18)19-12-10-17(11-13-19)15-20-14-16(2)3/h5-13,16,20H,4,14-15H2,1-3H3. The third-order valence-corrected chi connectivity index (χ3v) is 3.51. The zero-order valence-electron chi connectivity index (χ0n) is 13.3. The zero-order chi connectivity index (χ0) is 15.1. The van der Waals surface area contributed by atoms with Gasteiger partial charge in [-0.15, -0.1) is 0 Å². The lowest BCUT2D eigenvalue weighted by molar-refractivity contribution is 0.552. The van der Waals surface area contributed by atoms with Crippen LogP contribution >= 0.6 is 0 Å². The van der Waals surface area contributed by atoms with Crippen molar-refractivity contribution in [3.05, 3.63) is 60.2 Å². The maximum atomic E-state index is 3.48. The van der Waals surface area contributed by atoms with Gasteiger partial charge in [0.05, 0.1) is 0 Å². The Balaban J connectivity index is 2.03. The molecule has 0 saturated carbocycles. The Labute approximate surface area is 128 Å². The van der Waals surface area contributed by atoms with Crippen molar-refractivity contribution in [2.45, 2.75) is 27.3 Å². The summed E-state index contributed by atoms with van der Waals surface area (Å²) in [7, 11) is 0. The van der Waals surface area contributed by atoms with Gasteiger partial charge in [-0.25, -0.2) is 0 Å². The van der Waals surface area contributed by atoms with E-state index in [0.29, 0.717) is 5.92 Å². The molecule has 1 N–H and O–H groups in total. The van der Waals surface area contributed by atoms with Crippen LogP contribution in [0, 0.1) is 5.92 Å². The minimum Gasteiger partial charge on any atom is -0.342 e. The first-order chi connectivity index (χ1) is 10.2. The van der Waals surface area contributed by atoms with Gasteiger partial charge >= 0.3 is 0 Å². The van der Waals surface area contributed by atoms with E-state index in [2.05, 4.69) is 85.6 Å². The van der Waals surface area contributed by atoms with E-state index in [-0.39, 0.29) is 0 Å². The molecule has 0 aliphatic rings. The van der Waals surface area contributed by atoms with Crippen molar-refractivity contribution in [1.29, 1.82) is 0 Å². The summed E-state index contributed by atoms with van der Waals surface area (Å²) in [6.45, 7) is 9.62. The number of rotatable bonds is 7. The van der Waals surface area contributed by atoms with E-state index in [1.807, 2.05) is 0 Å². The average molecular weight is 282 g/mol. The molecule has 0 radical (unpaired) electrons. The molecule has 0 amide bonds. The van der Waals surface area contributed by atoms with Crippen LogP contribution < -0.4 is 10.2 Å². The van der Waals surface area contributed by atoms with Crippen LogP contribution in [0.4, 0.5) is 11.4 Å². The number of anilines is 2. The van der Waals surface area contributed by atoms with Crippen LogP contribution in [-0.2, 0) is 6.54 Å². The quantitative estimate of drug-likeness (QED) is 0.799. The van der Waals surface area contributed by atoms with Gasteiger partial charge in [-0.2, -0.15) is 0 Å². The molecule has 2 heteroatoms. The summed E-state index contributed by atoms with van der Waals surface area (Å²) in [6, 6.07) is 19.4. The number of benzene rings is 2. The highest BCUT2D eigenvalue weighted by molar-refractivity contribution is 5.63. The highest BCUT2D eigenvalue weighted by atomic mass is 15.1. The molecule has 0 aromatic heterocycles. The van der Waals surface area contributed by atoms with Crippen LogP contribution in [0.25, 0.3) is 0 Å². The summed E-state index contributed by atoms with van der Waals surface area (Å²) in [5.41, 5.74) is 3.82. The molecule has 0 atom stereocenters. The van der Waals surface area contributed by atoms with E-state index in [1.54, 1.807) is 0 Å². The summed E-state index contributed by atoms with van der Waals surface area (Å²) >= 11 is 0. The monoisotopic (exact) mass is 282 g/mol. The molecule has 0 fully saturated rings. The van der Waals surface area contributed by atoms with Crippen LogP contribution in [0.5, 0.6) is 0 Å². The first-order valence-electron chi connectivity index (χ1n) is 7.83. The van der Waals surface area contributed by atoms with Crippen molar-refractivity contribution in [3.63, 3.8) is 0 Å². The van der Waals surface area contributed by atoms with E-state index < -0.39 is 0 Å². The summed E-state index contributed by atoms with van der Waals surface area (Å²) in [4.78, 5) is 2.32. The van der Waals surface area contributed by atoms with Crippen LogP contribution in [-0.4, -0.2) is 13.1 Å². The van der Waals surface area contributed by atoms with Gasteiger partial charge in [0.25, 0.3) is 0 Å². The molecule has 112 valence electrons. The van der Waals surface area contributed by atoms with E-state index in [4.69, 9.17) is 0 Å². The van der Waals surface area contributed by atoms with Gasteiger partial charge < -0.3 is 10.2 Å². The van der Waals surface area contributed by atoms with Crippen LogP contribution in [0.15, 0.2) is 54.6 Å². The topological polar surface area (TPSA) is 15.3 Å². The SMILES string of the molecule is CCN(c1ccccc1)c1ccc(CNCC(C)C)cc1. The highest BCUT2D eigenvalue weighted by Gasteiger charge is 2.06. The fourth-order valence-corrected chi connectivity index (χ4v) is 2.42. The van der Waals surface area contributed by atoms with Gasteiger partial charge in [0, 0.05) is 24.5 Å². The Kier molecular flexibility index (Phi) is 5.82. The van der Waals surface area contributed by atoms with Crippen molar-refractivity contribution >= 4 is 11.4 Å². The maximum Gasteiger partial charge on any atom is 0.0410 e. The molecule has 0 spiro atoms. The third-order valence-electron chi connectivity index (χ3n) is 3.51. The smallest absolute Gasteiger partial charge is 0.0410 e. The molecule has 0 bridgehead atoms. The molecular formula is C19H26N2. The molecule has 0 saturated heterocycles. The number of nitrogens with one attached hydrogen (secondary N) is 1. The van der Waals surface area contributed by atoms with Crippen molar-refractivity contribution in [2.24, 2.45) is 5.92 Å². The predicted octanol–water partition coefficient (Wildman–Crippen LogP) is 4.59. The fraction of sp³-hybridized carbons (Fsp3) is 0.368. The van der Waals surface area contributed by atoms with Crippen LogP contribution in [0.3, 0.4) is 0 Å². The van der Waals surface area contributed by atoms with Crippen LogP contribution in [0.2, 0.25) is 0 Å². The molecule has 21 heavy (non-hydrogen) atoms. The van der Waals surface area contributed by atoms with Gasteiger partial charge in [0.15, 0.2) is 0 Å². The Morgan fingerprint density at radius 3 is 2.10 bits per heavy atom. The van der Waals surface area contributed by atoms with E-state index >= 15 is 0 Å². The van der Waals surface area contributed by atoms with Gasteiger partial charge in [-0.05, 0) is 49.2 Å². The summed E-state index contributed by atoms with van der Waals surface area (Å²) in [6.07, 6.45) is 0. The lowest BCUT2D eigenvalue weighted by Gasteiger charge is -2.23.